The Labute approximate surface area is 195 Å². The minimum atomic E-state index is -0.168. The van der Waals surface area contributed by atoms with Crippen molar-refractivity contribution in [1.29, 1.82) is 0 Å². The van der Waals surface area contributed by atoms with Crippen molar-refractivity contribution in [3.8, 4) is 5.75 Å². The second-order valence-electron chi connectivity index (χ2n) is 7.74. The summed E-state index contributed by atoms with van der Waals surface area (Å²) in [5.74, 6) is 0.574. The third kappa shape index (κ3) is 7.68. The second kappa shape index (κ2) is 12.3. The predicted molar refractivity (Wildman–Crippen MR) is 134 cm³/mol. The number of ether oxygens (including phenoxy) is 1. The van der Waals surface area contributed by atoms with Crippen molar-refractivity contribution in [2.45, 2.75) is 33.1 Å². The quantitative estimate of drug-likeness (QED) is 0.345. The molecule has 3 aromatic carbocycles. The predicted octanol–water partition coefficient (Wildman–Crippen LogP) is 5.41. The van der Waals surface area contributed by atoms with Crippen LogP contribution in [0.3, 0.4) is 0 Å². The number of nitrogens with one attached hydrogen (secondary N) is 3. The van der Waals surface area contributed by atoms with E-state index in [4.69, 9.17) is 4.74 Å². The summed E-state index contributed by atoms with van der Waals surface area (Å²) in [6.07, 6.45) is 2.34. The lowest BCUT2D eigenvalue weighted by Crippen LogP contribution is -2.22. The first-order valence-corrected chi connectivity index (χ1v) is 11.2. The SMILES string of the molecule is CCC(=O)Nc1cccc(NC(=O)CNc2ccc(OCCCc3ccccc3)cc2)c1C. The van der Waals surface area contributed by atoms with Gasteiger partial charge in [-0.3, -0.25) is 9.59 Å². The maximum Gasteiger partial charge on any atom is 0.243 e. The van der Waals surface area contributed by atoms with Crippen LogP contribution >= 0.6 is 0 Å². The van der Waals surface area contributed by atoms with E-state index >= 15 is 0 Å². The van der Waals surface area contributed by atoms with E-state index in [9.17, 15) is 9.59 Å². The average Bonchev–Trinajstić information content (AvgIpc) is 2.84. The first-order chi connectivity index (χ1) is 16.0. The first kappa shape index (κ1) is 23.9. The van der Waals surface area contributed by atoms with Crippen molar-refractivity contribution in [1.82, 2.24) is 0 Å². The van der Waals surface area contributed by atoms with Gasteiger partial charge in [0, 0.05) is 23.5 Å². The Morgan fingerprint density at radius 3 is 2.15 bits per heavy atom. The smallest absolute Gasteiger partial charge is 0.243 e. The molecule has 33 heavy (non-hydrogen) atoms. The summed E-state index contributed by atoms with van der Waals surface area (Å²) in [7, 11) is 0. The number of benzene rings is 3. The molecule has 0 aromatic heterocycles. The normalized spacial score (nSPS) is 10.4. The van der Waals surface area contributed by atoms with E-state index < -0.39 is 0 Å². The van der Waals surface area contributed by atoms with Crippen LogP contribution in [0.25, 0.3) is 0 Å². The van der Waals surface area contributed by atoms with Crippen LogP contribution in [-0.4, -0.2) is 25.0 Å². The number of hydrogen-bond donors (Lipinski definition) is 3. The van der Waals surface area contributed by atoms with E-state index in [-0.39, 0.29) is 18.4 Å². The summed E-state index contributed by atoms with van der Waals surface area (Å²) in [6, 6.07) is 23.4. The molecule has 0 spiro atoms. The van der Waals surface area contributed by atoms with Gasteiger partial charge in [0.25, 0.3) is 0 Å². The van der Waals surface area contributed by atoms with Crippen LogP contribution in [0.1, 0.15) is 30.9 Å². The number of rotatable bonds is 11. The van der Waals surface area contributed by atoms with Gasteiger partial charge in [0.1, 0.15) is 5.75 Å². The van der Waals surface area contributed by atoms with Gasteiger partial charge in [0.2, 0.25) is 11.8 Å². The second-order valence-corrected chi connectivity index (χ2v) is 7.74. The van der Waals surface area contributed by atoms with Gasteiger partial charge in [-0.15, -0.1) is 0 Å². The molecule has 6 nitrogen and oxygen atoms in total. The van der Waals surface area contributed by atoms with Gasteiger partial charge in [-0.1, -0.05) is 43.3 Å². The summed E-state index contributed by atoms with van der Waals surface area (Å²) in [5, 5.41) is 8.86. The molecule has 2 amide bonds. The topological polar surface area (TPSA) is 79.5 Å². The zero-order chi connectivity index (χ0) is 23.5. The van der Waals surface area contributed by atoms with E-state index in [1.54, 1.807) is 13.0 Å². The maximum absolute atomic E-state index is 12.4. The lowest BCUT2D eigenvalue weighted by atomic mass is 10.1. The molecule has 3 rings (SSSR count). The van der Waals surface area contributed by atoms with Crippen molar-refractivity contribution < 1.29 is 14.3 Å². The zero-order valence-electron chi connectivity index (χ0n) is 19.2. The van der Waals surface area contributed by atoms with Crippen molar-refractivity contribution >= 4 is 28.9 Å². The summed E-state index contributed by atoms with van der Waals surface area (Å²) in [4.78, 5) is 24.1. The van der Waals surface area contributed by atoms with Crippen molar-refractivity contribution in [2.24, 2.45) is 0 Å². The molecule has 0 atom stereocenters. The Kier molecular flexibility index (Phi) is 8.88. The Bertz CT molecular complexity index is 1050. The van der Waals surface area contributed by atoms with Gasteiger partial charge < -0.3 is 20.7 Å². The van der Waals surface area contributed by atoms with E-state index in [2.05, 4.69) is 28.1 Å². The molecule has 0 aliphatic carbocycles. The number of anilines is 3. The first-order valence-electron chi connectivity index (χ1n) is 11.2. The highest BCUT2D eigenvalue weighted by atomic mass is 16.5. The fourth-order valence-corrected chi connectivity index (χ4v) is 3.30. The Balaban J connectivity index is 1.42. The van der Waals surface area contributed by atoms with Crippen LogP contribution in [0.4, 0.5) is 17.1 Å². The summed E-state index contributed by atoms with van der Waals surface area (Å²) in [5.41, 5.74) is 4.34. The third-order valence-corrected chi connectivity index (χ3v) is 5.23. The monoisotopic (exact) mass is 445 g/mol. The highest BCUT2D eigenvalue weighted by Crippen LogP contribution is 2.23. The standard InChI is InChI=1S/C27H31N3O3/c1-3-26(31)29-24-12-7-13-25(20(24)2)30-27(32)19-28-22-14-16-23(17-15-22)33-18-8-11-21-9-5-4-6-10-21/h4-7,9-10,12-17,28H,3,8,11,18-19H2,1-2H3,(H,29,31)(H,30,32). The molecule has 0 unspecified atom stereocenters. The van der Waals surface area contributed by atoms with Gasteiger partial charge in [0.05, 0.1) is 13.2 Å². The third-order valence-electron chi connectivity index (χ3n) is 5.23. The van der Waals surface area contributed by atoms with Crippen molar-refractivity contribution in [2.75, 3.05) is 29.1 Å². The van der Waals surface area contributed by atoms with Crippen LogP contribution < -0.4 is 20.7 Å². The molecule has 0 aliphatic rings. The molecular weight excluding hydrogens is 414 g/mol. The molecule has 0 saturated heterocycles. The van der Waals surface area contributed by atoms with Gasteiger partial charge in [-0.25, -0.2) is 0 Å². The molecular formula is C27H31N3O3. The lowest BCUT2D eigenvalue weighted by molar-refractivity contribution is -0.116. The zero-order valence-corrected chi connectivity index (χ0v) is 19.2. The summed E-state index contributed by atoms with van der Waals surface area (Å²) in [6.45, 7) is 4.45. The number of amides is 2. The Morgan fingerprint density at radius 2 is 1.48 bits per heavy atom. The molecule has 0 fully saturated rings. The van der Waals surface area contributed by atoms with Gasteiger partial charge in [0.15, 0.2) is 0 Å². The van der Waals surface area contributed by atoms with E-state index in [0.29, 0.717) is 24.4 Å². The van der Waals surface area contributed by atoms with Crippen LogP contribution in [0, 0.1) is 6.92 Å². The number of carbonyl (C=O) groups is 2. The van der Waals surface area contributed by atoms with Crippen molar-refractivity contribution in [3.63, 3.8) is 0 Å². The largest absolute Gasteiger partial charge is 0.494 e. The maximum atomic E-state index is 12.4. The highest BCUT2D eigenvalue weighted by Gasteiger charge is 2.09. The summed E-state index contributed by atoms with van der Waals surface area (Å²) < 4.78 is 5.81. The van der Waals surface area contributed by atoms with E-state index in [0.717, 1.165) is 29.8 Å². The average molecular weight is 446 g/mol. The van der Waals surface area contributed by atoms with Gasteiger partial charge in [-0.2, -0.15) is 0 Å². The molecule has 172 valence electrons. The number of hydrogen-bond acceptors (Lipinski definition) is 4. The fraction of sp³-hybridized carbons (Fsp3) is 0.259. The molecule has 6 heteroatoms. The van der Waals surface area contributed by atoms with Crippen molar-refractivity contribution in [3.05, 3.63) is 83.9 Å². The molecule has 3 N–H and O–H groups in total. The minimum absolute atomic E-state index is 0.0631. The van der Waals surface area contributed by atoms with E-state index in [1.165, 1.54) is 5.56 Å². The van der Waals surface area contributed by atoms with Gasteiger partial charge >= 0.3 is 0 Å². The molecule has 0 heterocycles. The molecule has 0 saturated carbocycles. The van der Waals surface area contributed by atoms with Crippen LogP contribution in [-0.2, 0) is 16.0 Å². The number of aryl methyl sites for hydroxylation is 1. The molecule has 3 aromatic rings. The molecule has 0 bridgehead atoms. The molecule has 0 aliphatic heterocycles. The van der Waals surface area contributed by atoms with Crippen LogP contribution in [0.2, 0.25) is 0 Å². The van der Waals surface area contributed by atoms with Gasteiger partial charge in [-0.05, 0) is 67.3 Å². The number of carbonyl (C=O) groups excluding carboxylic acids is 2. The fourth-order valence-electron chi connectivity index (χ4n) is 3.30. The minimum Gasteiger partial charge on any atom is -0.494 e. The Morgan fingerprint density at radius 1 is 0.818 bits per heavy atom. The summed E-state index contributed by atoms with van der Waals surface area (Å²) >= 11 is 0. The Hall–Kier alpha value is -3.80. The van der Waals surface area contributed by atoms with E-state index in [1.807, 2.05) is 61.5 Å². The lowest BCUT2D eigenvalue weighted by Gasteiger charge is -2.14. The molecule has 0 radical (unpaired) electrons. The van der Waals surface area contributed by atoms with Crippen LogP contribution in [0.5, 0.6) is 5.75 Å². The van der Waals surface area contributed by atoms with Crippen LogP contribution in [0.15, 0.2) is 72.8 Å². The highest BCUT2D eigenvalue weighted by molar-refractivity contribution is 5.97.